The van der Waals surface area contributed by atoms with Gasteiger partial charge in [-0.2, -0.15) is 0 Å². The first-order valence-corrected chi connectivity index (χ1v) is 17.8. The number of hydrogen-bond acceptors (Lipinski definition) is 7. The maximum absolute atomic E-state index is 14.2. The predicted molar refractivity (Wildman–Crippen MR) is 185 cm³/mol. The number of amides is 1. The van der Waals surface area contributed by atoms with Gasteiger partial charge in [0.2, 0.25) is 5.91 Å². The van der Waals surface area contributed by atoms with Crippen molar-refractivity contribution in [1.29, 1.82) is 0 Å². The minimum absolute atomic E-state index is 0.0470. The second-order valence-electron chi connectivity index (χ2n) is 15.1. The van der Waals surface area contributed by atoms with Crippen LogP contribution in [0.15, 0.2) is 34.8 Å². The summed E-state index contributed by atoms with van der Waals surface area (Å²) in [7, 11) is 1.44. The zero-order valence-corrected chi connectivity index (χ0v) is 29.3. The van der Waals surface area contributed by atoms with Crippen molar-refractivity contribution in [2.24, 2.45) is 22.2 Å². The van der Waals surface area contributed by atoms with E-state index in [1.807, 2.05) is 13.0 Å². The molecule has 0 saturated carbocycles. The number of carbonyl (C=O) groups excluding carboxylic acids is 2. The maximum Gasteiger partial charge on any atom is 0.338 e. The van der Waals surface area contributed by atoms with Crippen molar-refractivity contribution >= 4 is 18.1 Å². The first kappa shape index (κ1) is 34.8. The number of morpholine rings is 1. The minimum atomic E-state index is -0.300. The molecule has 3 saturated heterocycles. The molecule has 3 unspecified atom stereocenters. The molecule has 0 aromatic heterocycles. The lowest BCUT2D eigenvalue weighted by atomic mass is 9.66. The number of hydrogen-bond donors (Lipinski definition) is 1. The van der Waals surface area contributed by atoms with Crippen molar-refractivity contribution in [2.75, 3.05) is 53.0 Å². The molecule has 8 nitrogen and oxygen atoms in total. The molecule has 1 N–H and O–H groups in total. The highest BCUT2D eigenvalue weighted by atomic mass is 16.5. The first-order chi connectivity index (χ1) is 22.0. The molecule has 0 bridgehead atoms. The molecular formula is C38H58N4O4. The number of nitrogens with zero attached hydrogens (tertiary/aromatic N) is 3. The maximum atomic E-state index is 14.2. The molecule has 3 fully saturated rings. The van der Waals surface area contributed by atoms with Gasteiger partial charge in [0.15, 0.2) is 0 Å². The lowest BCUT2D eigenvalue weighted by Crippen LogP contribution is -2.53. The molecule has 5 rings (SSSR count). The number of likely N-dealkylation sites (tertiary alicyclic amines) is 1. The topological polar surface area (TPSA) is 83.5 Å². The van der Waals surface area contributed by atoms with Crippen LogP contribution in [0.25, 0.3) is 0 Å². The molecular weight excluding hydrogens is 576 g/mol. The van der Waals surface area contributed by atoms with Gasteiger partial charge in [-0.05, 0) is 76.0 Å². The molecule has 254 valence electrons. The number of fused-ring (bicyclic) bond motifs is 1. The Bertz CT molecular complexity index is 1290. The number of ether oxygens (including phenoxy) is 2. The van der Waals surface area contributed by atoms with E-state index in [1.54, 1.807) is 0 Å². The Morgan fingerprint density at radius 1 is 1.20 bits per heavy atom. The predicted octanol–water partition coefficient (Wildman–Crippen LogP) is 5.62. The van der Waals surface area contributed by atoms with Crippen molar-refractivity contribution in [3.8, 4) is 0 Å². The Labute approximate surface area is 277 Å². The third-order valence-corrected chi connectivity index (χ3v) is 11.2. The van der Waals surface area contributed by atoms with Crippen LogP contribution >= 0.6 is 0 Å². The molecule has 4 aliphatic heterocycles. The van der Waals surface area contributed by atoms with Crippen LogP contribution in [0.1, 0.15) is 94.1 Å². The fourth-order valence-corrected chi connectivity index (χ4v) is 8.57. The van der Waals surface area contributed by atoms with Gasteiger partial charge in [-0.1, -0.05) is 63.0 Å². The molecule has 8 heteroatoms. The summed E-state index contributed by atoms with van der Waals surface area (Å²) in [6.45, 7) is 17.6. The smallest absolute Gasteiger partial charge is 0.338 e. The molecule has 1 aromatic carbocycles. The minimum Gasteiger partial charge on any atom is -0.465 e. The van der Waals surface area contributed by atoms with Gasteiger partial charge in [-0.25, -0.2) is 4.79 Å². The van der Waals surface area contributed by atoms with Gasteiger partial charge in [0.25, 0.3) is 0 Å². The highest BCUT2D eigenvalue weighted by Crippen LogP contribution is 2.53. The third-order valence-electron chi connectivity index (χ3n) is 11.2. The molecule has 0 spiro atoms. The molecule has 4 heterocycles. The zero-order valence-electron chi connectivity index (χ0n) is 29.3. The Morgan fingerprint density at radius 2 is 1.98 bits per heavy atom. The fourth-order valence-electron chi connectivity index (χ4n) is 8.57. The van der Waals surface area contributed by atoms with Crippen LogP contribution in [0.5, 0.6) is 0 Å². The van der Waals surface area contributed by atoms with Crippen LogP contribution in [0.3, 0.4) is 0 Å². The van der Waals surface area contributed by atoms with Crippen molar-refractivity contribution in [2.45, 2.75) is 104 Å². The number of aliphatic imine (C=N–C) groups is 1. The summed E-state index contributed by atoms with van der Waals surface area (Å²) in [4.78, 5) is 37.0. The van der Waals surface area contributed by atoms with Crippen LogP contribution in [-0.2, 0) is 20.7 Å². The number of esters is 1. The molecule has 1 aromatic rings. The van der Waals surface area contributed by atoms with E-state index in [-0.39, 0.29) is 34.8 Å². The number of aryl methyl sites for hydroxylation is 1. The van der Waals surface area contributed by atoms with E-state index in [0.29, 0.717) is 30.4 Å². The second-order valence-corrected chi connectivity index (χ2v) is 15.1. The van der Waals surface area contributed by atoms with E-state index in [0.717, 1.165) is 95.6 Å². The summed E-state index contributed by atoms with van der Waals surface area (Å²) in [6, 6.07) is 6.49. The Kier molecular flexibility index (Phi) is 11.4. The number of benzene rings is 1. The van der Waals surface area contributed by atoms with E-state index in [9.17, 15) is 9.59 Å². The summed E-state index contributed by atoms with van der Waals surface area (Å²) < 4.78 is 10.7. The van der Waals surface area contributed by atoms with Gasteiger partial charge in [-0.3, -0.25) is 14.7 Å². The lowest BCUT2D eigenvalue weighted by Gasteiger charge is -2.45. The molecule has 0 aliphatic carbocycles. The Hall–Kier alpha value is -2.55. The van der Waals surface area contributed by atoms with Crippen molar-refractivity contribution in [3.63, 3.8) is 0 Å². The van der Waals surface area contributed by atoms with E-state index in [1.165, 1.54) is 12.7 Å². The van der Waals surface area contributed by atoms with Gasteiger partial charge in [0.05, 0.1) is 37.5 Å². The Morgan fingerprint density at radius 3 is 2.72 bits per heavy atom. The van der Waals surface area contributed by atoms with Crippen LogP contribution < -0.4 is 5.32 Å². The summed E-state index contributed by atoms with van der Waals surface area (Å²) in [5.41, 5.74) is 3.65. The summed E-state index contributed by atoms with van der Waals surface area (Å²) in [5.74, 6) is 0.607. The van der Waals surface area contributed by atoms with E-state index in [4.69, 9.17) is 14.5 Å². The van der Waals surface area contributed by atoms with Crippen molar-refractivity contribution in [1.82, 2.24) is 15.1 Å². The number of unbranched alkanes of at least 4 members (excludes halogenated alkanes) is 1. The number of carbonyl (C=O) groups is 2. The number of methoxy groups -OCH3 is 1. The number of rotatable bonds is 10. The standard InChI is InChI=1S/C38H58N4O4/c1-7-8-13-38-34(22-30(24-40-38)21-32-11-9-27(2)18-33(32)36(44)45-6)42(26-37(38,4)5)35(43)12-10-29-19-28(3)39-23-31(20-29)25-41-14-16-46-17-15-41/h9-11,18,24,28,30-31,34,39H,7-8,12-17,19-23,25-26H2,1-6H3/b29-10+/t28-,30?,31-,34?,38?/m1/s1. The van der Waals surface area contributed by atoms with Crippen LogP contribution in [-0.4, -0.2) is 98.6 Å². The highest BCUT2D eigenvalue weighted by molar-refractivity contribution is 5.91. The second kappa shape index (κ2) is 15.1. The van der Waals surface area contributed by atoms with Crippen LogP contribution in [0.4, 0.5) is 0 Å². The van der Waals surface area contributed by atoms with Crippen molar-refractivity contribution in [3.05, 3.63) is 46.5 Å². The summed E-state index contributed by atoms with van der Waals surface area (Å²) in [5, 5.41) is 3.73. The highest BCUT2D eigenvalue weighted by Gasteiger charge is 2.60. The average molecular weight is 635 g/mol. The van der Waals surface area contributed by atoms with E-state index >= 15 is 0 Å². The Balaban J connectivity index is 1.34. The molecule has 0 radical (unpaired) electrons. The van der Waals surface area contributed by atoms with E-state index < -0.39 is 0 Å². The van der Waals surface area contributed by atoms with Crippen molar-refractivity contribution < 1.29 is 19.1 Å². The van der Waals surface area contributed by atoms with Gasteiger partial charge in [0.1, 0.15) is 0 Å². The molecule has 4 aliphatic rings. The van der Waals surface area contributed by atoms with E-state index in [2.05, 4.69) is 67.2 Å². The van der Waals surface area contributed by atoms with Gasteiger partial charge < -0.3 is 19.7 Å². The van der Waals surface area contributed by atoms with Gasteiger partial charge in [-0.15, -0.1) is 0 Å². The fraction of sp³-hybridized carbons (Fsp3) is 0.711. The van der Waals surface area contributed by atoms with Crippen LogP contribution in [0.2, 0.25) is 0 Å². The molecule has 46 heavy (non-hydrogen) atoms. The SMILES string of the molecule is CCCCC12N=CC(Cc3ccc(C)cc3C(=O)OC)CC1N(C(=O)C/C=C1/C[C@@H](CN3CCOCC3)CN[C@H](C)C1)CC2(C)C. The largest absolute Gasteiger partial charge is 0.465 e. The first-order valence-electron chi connectivity index (χ1n) is 17.8. The third kappa shape index (κ3) is 7.77. The van der Waals surface area contributed by atoms with Crippen LogP contribution in [0, 0.1) is 24.2 Å². The quantitative estimate of drug-likeness (QED) is 0.266. The molecule has 1 amide bonds. The van der Waals surface area contributed by atoms with Gasteiger partial charge >= 0.3 is 5.97 Å². The average Bonchev–Trinajstić information content (AvgIpc) is 3.14. The normalized spacial score (nSPS) is 30.7. The molecule has 5 atom stereocenters. The number of nitrogens with one attached hydrogen (secondary N) is 1. The van der Waals surface area contributed by atoms with Gasteiger partial charge in [0, 0.05) is 50.3 Å². The zero-order chi connectivity index (χ0) is 32.9. The summed E-state index contributed by atoms with van der Waals surface area (Å²) in [6.07, 6.45) is 11.6. The lowest BCUT2D eigenvalue weighted by molar-refractivity contribution is -0.132. The summed E-state index contributed by atoms with van der Waals surface area (Å²) >= 11 is 0. The monoisotopic (exact) mass is 634 g/mol.